The van der Waals surface area contributed by atoms with Crippen molar-refractivity contribution >= 4 is 0 Å². The highest BCUT2D eigenvalue weighted by molar-refractivity contribution is 5.53. The van der Waals surface area contributed by atoms with E-state index in [9.17, 15) is 0 Å². The van der Waals surface area contributed by atoms with E-state index >= 15 is 0 Å². The van der Waals surface area contributed by atoms with Crippen LogP contribution in [0.1, 0.15) is 5.56 Å². The van der Waals surface area contributed by atoms with Crippen LogP contribution >= 0.6 is 0 Å². The van der Waals surface area contributed by atoms with Crippen molar-refractivity contribution in [3.63, 3.8) is 0 Å². The first-order valence-corrected chi connectivity index (χ1v) is 4.71. The zero-order chi connectivity index (χ0) is 10.7. The maximum atomic E-state index is 5.47. The van der Waals surface area contributed by atoms with Crippen molar-refractivity contribution in [2.45, 2.75) is 13.5 Å². The van der Waals surface area contributed by atoms with E-state index in [2.05, 4.69) is 20.5 Å². The quantitative estimate of drug-likeness (QED) is 0.761. The molecule has 0 spiro atoms. The van der Waals surface area contributed by atoms with Gasteiger partial charge in [-0.1, -0.05) is 6.07 Å². The van der Waals surface area contributed by atoms with Gasteiger partial charge in [-0.05, 0) is 29.0 Å². The second kappa shape index (κ2) is 4.14. The molecule has 2 rings (SSSR count). The van der Waals surface area contributed by atoms with Crippen LogP contribution in [0.5, 0.6) is 0 Å². The smallest absolute Gasteiger partial charge is 0.200 e. The summed E-state index contributed by atoms with van der Waals surface area (Å²) in [7, 11) is 0. The van der Waals surface area contributed by atoms with Crippen molar-refractivity contribution in [3.05, 3.63) is 23.9 Å². The SMILES string of the molecule is Cc1cccnc1-c1nnnn1CCN. The molecule has 0 aliphatic rings. The molecular weight excluding hydrogens is 192 g/mol. The van der Waals surface area contributed by atoms with Gasteiger partial charge in [0.15, 0.2) is 0 Å². The Labute approximate surface area is 87.1 Å². The van der Waals surface area contributed by atoms with E-state index in [4.69, 9.17) is 5.73 Å². The monoisotopic (exact) mass is 204 g/mol. The summed E-state index contributed by atoms with van der Waals surface area (Å²) in [6.07, 6.45) is 1.73. The maximum absolute atomic E-state index is 5.47. The summed E-state index contributed by atoms with van der Waals surface area (Å²) in [5.41, 5.74) is 7.32. The Hall–Kier alpha value is -1.82. The first-order valence-electron chi connectivity index (χ1n) is 4.71. The van der Waals surface area contributed by atoms with E-state index in [1.165, 1.54) is 0 Å². The molecule has 2 aromatic heterocycles. The van der Waals surface area contributed by atoms with E-state index in [0.717, 1.165) is 11.3 Å². The van der Waals surface area contributed by atoms with Gasteiger partial charge in [-0.15, -0.1) is 5.10 Å². The van der Waals surface area contributed by atoms with Gasteiger partial charge in [0, 0.05) is 12.7 Å². The number of hydrogen-bond acceptors (Lipinski definition) is 5. The van der Waals surface area contributed by atoms with E-state index in [1.807, 2.05) is 19.1 Å². The fourth-order valence-corrected chi connectivity index (χ4v) is 1.37. The third kappa shape index (κ3) is 1.84. The van der Waals surface area contributed by atoms with Gasteiger partial charge in [0.2, 0.25) is 5.82 Å². The number of nitrogens with two attached hydrogens (primary N) is 1. The second-order valence-electron chi connectivity index (χ2n) is 3.18. The molecule has 2 aromatic rings. The summed E-state index contributed by atoms with van der Waals surface area (Å²) in [6.45, 7) is 3.08. The molecule has 6 nitrogen and oxygen atoms in total. The van der Waals surface area contributed by atoms with Crippen molar-refractivity contribution < 1.29 is 0 Å². The summed E-state index contributed by atoms with van der Waals surface area (Å²) in [6, 6.07) is 3.86. The van der Waals surface area contributed by atoms with Crippen LogP contribution in [0, 0.1) is 6.92 Å². The van der Waals surface area contributed by atoms with Gasteiger partial charge in [0.05, 0.1) is 6.54 Å². The average Bonchev–Trinajstić information content (AvgIpc) is 2.67. The average molecular weight is 204 g/mol. The van der Waals surface area contributed by atoms with Gasteiger partial charge in [-0.2, -0.15) is 0 Å². The second-order valence-corrected chi connectivity index (χ2v) is 3.18. The van der Waals surface area contributed by atoms with Crippen LogP contribution in [0.4, 0.5) is 0 Å². The van der Waals surface area contributed by atoms with E-state index in [1.54, 1.807) is 10.9 Å². The van der Waals surface area contributed by atoms with Crippen molar-refractivity contribution in [2.24, 2.45) is 5.73 Å². The number of aryl methyl sites for hydroxylation is 1. The summed E-state index contributed by atoms with van der Waals surface area (Å²) < 4.78 is 1.66. The van der Waals surface area contributed by atoms with Gasteiger partial charge in [-0.25, -0.2) is 4.68 Å². The molecule has 0 bridgehead atoms. The Kier molecular flexibility index (Phi) is 2.68. The maximum Gasteiger partial charge on any atom is 0.200 e. The predicted octanol–water partition coefficient (Wildman–Crippen LogP) is 0.00222. The summed E-state index contributed by atoms with van der Waals surface area (Å²) in [5.74, 6) is 0.665. The van der Waals surface area contributed by atoms with Gasteiger partial charge >= 0.3 is 0 Å². The summed E-state index contributed by atoms with van der Waals surface area (Å²) in [5, 5.41) is 11.4. The first-order chi connectivity index (χ1) is 7.33. The first kappa shape index (κ1) is 9.72. The lowest BCUT2D eigenvalue weighted by molar-refractivity contribution is 0.602. The van der Waals surface area contributed by atoms with Crippen LogP contribution in [0.3, 0.4) is 0 Å². The number of tetrazole rings is 1. The molecule has 0 saturated heterocycles. The molecule has 2 N–H and O–H groups in total. The summed E-state index contributed by atoms with van der Waals surface area (Å²) in [4.78, 5) is 4.26. The van der Waals surface area contributed by atoms with Crippen LogP contribution < -0.4 is 5.73 Å². The van der Waals surface area contributed by atoms with E-state index < -0.39 is 0 Å². The number of rotatable bonds is 3. The molecular formula is C9H12N6. The number of pyridine rings is 1. The lowest BCUT2D eigenvalue weighted by atomic mass is 10.2. The molecule has 6 heteroatoms. The zero-order valence-corrected chi connectivity index (χ0v) is 8.46. The van der Waals surface area contributed by atoms with E-state index in [0.29, 0.717) is 18.9 Å². The minimum atomic E-state index is 0.504. The number of nitrogens with zero attached hydrogens (tertiary/aromatic N) is 5. The molecule has 0 amide bonds. The highest BCUT2D eigenvalue weighted by Gasteiger charge is 2.11. The van der Waals surface area contributed by atoms with Crippen molar-refractivity contribution in [2.75, 3.05) is 6.54 Å². The molecule has 15 heavy (non-hydrogen) atoms. The molecule has 0 radical (unpaired) electrons. The predicted molar refractivity (Wildman–Crippen MR) is 54.8 cm³/mol. The fourth-order valence-electron chi connectivity index (χ4n) is 1.37. The van der Waals surface area contributed by atoms with Crippen LogP contribution in [-0.2, 0) is 6.54 Å². The van der Waals surface area contributed by atoms with Crippen molar-refractivity contribution in [3.8, 4) is 11.5 Å². The fraction of sp³-hybridized carbons (Fsp3) is 0.333. The highest BCUT2D eigenvalue weighted by Crippen LogP contribution is 2.16. The third-order valence-electron chi connectivity index (χ3n) is 2.09. The minimum Gasteiger partial charge on any atom is -0.329 e. The lowest BCUT2D eigenvalue weighted by Crippen LogP contribution is -2.13. The van der Waals surface area contributed by atoms with E-state index in [-0.39, 0.29) is 0 Å². The molecule has 0 aliphatic heterocycles. The van der Waals surface area contributed by atoms with Gasteiger partial charge < -0.3 is 5.73 Å². The molecule has 0 aromatic carbocycles. The topological polar surface area (TPSA) is 82.5 Å². The van der Waals surface area contributed by atoms with Crippen molar-refractivity contribution in [1.29, 1.82) is 0 Å². The van der Waals surface area contributed by atoms with Crippen molar-refractivity contribution in [1.82, 2.24) is 25.2 Å². The molecule has 0 saturated carbocycles. The molecule has 2 heterocycles. The molecule has 0 aliphatic carbocycles. The molecule has 0 atom stereocenters. The third-order valence-corrected chi connectivity index (χ3v) is 2.09. The normalized spacial score (nSPS) is 10.5. The Morgan fingerprint density at radius 3 is 3.07 bits per heavy atom. The lowest BCUT2D eigenvalue weighted by Gasteiger charge is -2.03. The number of aromatic nitrogens is 5. The van der Waals surface area contributed by atoms with Gasteiger partial charge in [0.1, 0.15) is 5.69 Å². The Morgan fingerprint density at radius 2 is 2.33 bits per heavy atom. The Bertz CT molecular complexity index is 449. The largest absolute Gasteiger partial charge is 0.329 e. The van der Waals surface area contributed by atoms with Crippen LogP contribution in [-0.4, -0.2) is 31.7 Å². The highest BCUT2D eigenvalue weighted by atomic mass is 15.5. The minimum absolute atomic E-state index is 0.504. The summed E-state index contributed by atoms with van der Waals surface area (Å²) >= 11 is 0. The Morgan fingerprint density at radius 1 is 1.47 bits per heavy atom. The molecule has 0 unspecified atom stereocenters. The van der Waals surface area contributed by atoms with Crippen LogP contribution in [0.15, 0.2) is 18.3 Å². The van der Waals surface area contributed by atoms with Gasteiger partial charge in [0.25, 0.3) is 0 Å². The standard InChI is InChI=1S/C9H12N6/c1-7-3-2-5-11-8(7)9-12-13-14-15(9)6-4-10/h2-3,5H,4,6,10H2,1H3. The Balaban J connectivity index is 2.45. The van der Waals surface area contributed by atoms with Crippen LogP contribution in [0.25, 0.3) is 11.5 Å². The molecule has 78 valence electrons. The molecule has 0 fully saturated rings. The van der Waals surface area contributed by atoms with Crippen LogP contribution in [0.2, 0.25) is 0 Å². The van der Waals surface area contributed by atoms with Gasteiger partial charge in [-0.3, -0.25) is 4.98 Å². The number of hydrogen-bond donors (Lipinski definition) is 1. The zero-order valence-electron chi connectivity index (χ0n) is 8.46.